The van der Waals surface area contributed by atoms with Gasteiger partial charge in [0.25, 0.3) is 5.56 Å². The van der Waals surface area contributed by atoms with E-state index in [1.165, 1.54) is 11.3 Å². The largest absolute Gasteiger partial charge is 0.496 e. The Hall–Kier alpha value is -2.88. The maximum Gasteiger partial charge on any atom is 0.338 e. The van der Waals surface area contributed by atoms with E-state index in [2.05, 4.69) is 15.9 Å². The van der Waals surface area contributed by atoms with Gasteiger partial charge in [0.1, 0.15) is 11.5 Å². The van der Waals surface area contributed by atoms with Gasteiger partial charge in [-0.1, -0.05) is 42.3 Å². The fourth-order valence-electron chi connectivity index (χ4n) is 4.42. The van der Waals surface area contributed by atoms with Crippen LogP contribution in [0.2, 0.25) is 5.02 Å². The Bertz CT molecular complexity index is 1610. The molecule has 0 spiro atoms. The maximum atomic E-state index is 14.0. The molecule has 0 bridgehead atoms. The minimum atomic E-state index is -0.725. The number of aromatic nitrogens is 1. The van der Waals surface area contributed by atoms with Crippen molar-refractivity contribution < 1.29 is 19.0 Å². The van der Waals surface area contributed by atoms with Crippen molar-refractivity contribution in [2.45, 2.75) is 52.7 Å². The van der Waals surface area contributed by atoms with Gasteiger partial charge < -0.3 is 14.2 Å². The van der Waals surface area contributed by atoms with Crippen molar-refractivity contribution in [2.75, 3.05) is 13.7 Å². The zero-order valence-corrected chi connectivity index (χ0v) is 25.6. The van der Waals surface area contributed by atoms with Gasteiger partial charge in [-0.05, 0) is 85.1 Å². The van der Waals surface area contributed by atoms with E-state index in [1.54, 1.807) is 48.9 Å². The molecule has 0 saturated heterocycles. The van der Waals surface area contributed by atoms with Crippen LogP contribution < -0.4 is 24.4 Å². The fraction of sp³-hybridized carbons (Fsp3) is 0.345. The Morgan fingerprint density at radius 2 is 1.95 bits per heavy atom. The highest BCUT2D eigenvalue weighted by Gasteiger charge is 2.34. The van der Waals surface area contributed by atoms with Gasteiger partial charge in [-0.15, -0.1) is 0 Å². The zero-order chi connectivity index (χ0) is 28.3. The van der Waals surface area contributed by atoms with E-state index < -0.39 is 12.0 Å². The summed E-state index contributed by atoms with van der Waals surface area (Å²) in [5.74, 6) is 0.772. The number of hydrogen-bond acceptors (Lipinski definition) is 7. The average molecular weight is 634 g/mol. The molecule has 7 nitrogen and oxygen atoms in total. The van der Waals surface area contributed by atoms with Crippen molar-refractivity contribution in [2.24, 2.45) is 4.99 Å². The lowest BCUT2D eigenvalue weighted by atomic mass is 9.94. The van der Waals surface area contributed by atoms with Crippen LogP contribution in [0.5, 0.6) is 11.5 Å². The number of allylic oxidation sites excluding steroid dienone is 1. The van der Waals surface area contributed by atoms with Crippen molar-refractivity contribution in [1.82, 2.24) is 4.57 Å². The lowest BCUT2D eigenvalue weighted by Crippen LogP contribution is -2.40. The van der Waals surface area contributed by atoms with Gasteiger partial charge in [0.15, 0.2) is 4.80 Å². The van der Waals surface area contributed by atoms with Gasteiger partial charge in [-0.25, -0.2) is 9.79 Å². The molecule has 0 saturated carbocycles. The summed E-state index contributed by atoms with van der Waals surface area (Å²) in [6, 6.07) is 10.1. The zero-order valence-electron chi connectivity index (χ0n) is 22.4. The highest BCUT2D eigenvalue weighted by atomic mass is 79.9. The van der Waals surface area contributed by atoms with Crippen LogP contribution in [0.4, 0.5) is 0 Å². The average Bonchev–Trinajstić information content (AvgIpc) is 3.19. The molecule has 39 heavy (non-hydrogen) atoms. The minimum Gasteiger partial charge on any atom is -0.496 e. The highest BCUT2D eigenvalue weighted by Crippen LogP contribution is 2.36. The topological polar surface area (TPSA) is 79.1 Å². The van der Waals surface area contributed by atoms with Crippen LogP contribution >= 0.6 is 38.9 Å². The van der Waals surface area contributed by atoms with Crippen molar-refractivity contribution in [3.8, 4) is 11.5 Å². The normalized spacial score (nSPS) is 15.3. The monoisotopic (exact) mass is 632 g/mol. The predicted molar refractivity (Wildman–Crippen MR) is 158 cm³/mol. The van der Waals surface area contributed by atoms with E-state index in [4.69, 9.17) is 30.8 Å². The molecular weight excluding hydrogens is 604 g/mol. The molecule has 2 aromatic carbocycles. The smallest absolute Gasteiger partial charge is 0.338 e. The van der Waals surface area contributed by atoms with Crippen LogP contribution in [-0.4, -0.2) is 30.4 Å². The number of thiazole rings is 1. The van der Waals surface area contributed by atoms with Gasteiger partial charge in [0.05, 0.1) is 46.1 Å². The molecule has 10 heteroatoms. The molecular formula is C29H30BrClN2O5S. The first kappa shape index (κ1) is 29.1. The third kappa shape index (κ3) is 6.15. The Balaban J connectivity index is 2.01. The minimum absolute atomic E-state index is 0.0585. The number of ether oxygens (including phenoxy) is 3. The second kappa shape index (κ2) is 12.5. The predicted octanol–water partition coefficient (Wildman–Crippen LogP) is 5.79. The van der Waals surface area contributed by atoms with Crippen molar-refractivity contribution in [1.29, 1.82) is 0 Å². The Kier molecular flexibility index (Phi) is 9.35. The van der Waals surface area contributed by atoms with E-state index in [-0.39, 0.29) is 18.3 Å². The van der Waals surface area contributed by atoms with Crippen LogP contribution in [-0.2, 0) is 9.53 Å². The van der Waals surface area contributed by atoms with E-state index in [0.717, 1.165) is 12.0 Å². The summed E-state index contributed by atoms with van der Waals surface area (Å²) in [6.45, 7) is 7.86. The first-order valence-electron chi connectivity index (χ1n) is 12.7. The summed E-state index contributed by atoms with van der Waals surface area (Å²) in [4.78, 5) is 32.7. The van der Waals surface area contributed by atoms with Crippen LogP contribution in [0.3, 0.4) is 0 Å². The third-order valence-electron chi connectivity index (χ3n) is 6.00. The number of nitrogens with zero attached hydrogens (tertiary/aromatic N) is 2. The number of hydrogen-bond donors (Lipinski definition) is 0. The number of carbonyl (C=O) groups excluding carboxylic acids is 1. The molecule has 1 aliphatic heterocycles. The van der Waals surface area contributed by atoms with Crippen LogP contribution in [0, 0.1) is 0 Å². The van der Waals surface area contributed by atoms with Gasteiger partial charge in [0, 0.05) is 10.6 Å². The Labute approximate surface area is 244 Å². The van der Waals surface area contributed by atoms with Gasteiger partial charge in [0.2, 0.25) is 0 Å². The maximum absolute atomic E-state index is 14.0. The number of benzene rings is 2. The number of halogens is 2. The van der Waals surface area contributed by atoms with Gasteiger partial charge in [-0.2, -0.15) is 0 Å². The molecule has 0 aliphatic carbocycles. The number of rotatable bonds is 9. The van der Waals surface area contributed by atoms with E-state index in [0.29, 0.717) is 53.6 Å². The molecule has 0 fully saturated rings. The van der Waals surface area contributed by atoms with Crippen LogP contribution in [0.25, 0.3) is 6.08 Å². The quantitative estimate of drug-likeness (QED) is 0.279. The molecule has 0 amide bonds. The standard InChI is InChI=1S/C29H30BrClN2O5S/c1-6-8-21-25(28(35)37-7-2)26(17-9-11-23(36-5)20(30)14-17)33-27(34)24(39-29(33)32-21)15-18-13-19(31)10-12-22(18)38-16(3)4/h9-16,26H,6-8H2,1-5H3/b24-15+/t26-/m1/s1. The van der Waals surface area contributed by atoms with Crippen molar-refractivity contribution in [3.63, 3.8) is 0 Å². The second-order valence-corrected chi connectivity index (χ2v) is 11.5. The van der Waals surface area contributed by atoms with Gasteiger partial charge in [-0.3, -0.25) is 9.36 Å². The fourth-order valence-corrected chi connectivity index (χ4v) is 6.17. The molecule has 3 aromatic rings. The lowest BCUT2D eigenvalue weighted by molar-refractivity contribution is -0.139. The van der Waals surface area contributed by atoms with Gasteiger partial charge >= 0.3 is 5.97 Å². The summed E-state index contributed by atoms with van der Waals surface area (Å²) >= 11 is 11.1. The highest BCUT2D eigenvalue weighted by molar-refractivity contribution is 9.10. The Morgan fingerprint density at radius 3 is 2.59 bits per heavy atom. The SMILES string of the molecule is CCCC1=C(C(=O)OCC)[C@@H](c2ccc(OC)c(Br)c2)n2c(s/c(=C/c3cc(Cl)ccc3OC(C)C)c2=O)=N1. The van der Waals surface area contributed by atoms with Crippen LogP contribution in [0.1, 0.15) is 57.7 Å². The molecule has 4 rings (SSSR count). The number of carbonyl (C=O) groups is 1. The Morgan fingerprint density at radius 1 is 1.21 bits per heavy atom. The molecule has 1 aliphatic rings. The molecule has 2 heterocycles. The molecule has 0 N–H and O–H groups in total. The molecule has 0 unspecified atom stereocenters. The molecule has 1 atom stereocenters. The van der Waals surface area contributed by atoms with E-state index >= 15 is 0 Å². The van der Waals surface area contributed by atoms with E-state index in [1.807, 2.05) is 32.9 Å². The molecule has 0 radical (unpaired) electrons. The van der Waals surface area contributed by atoms with Crippen LogP contribution in [0.15, 0.2) is 61.9 Å². The number of methoxy groups -OCH3 is 1. The second-order valence-electron chi connectivity index (χ2n) is 9.16. The summed E-state index contributed by atoms with van der Waals surface area (Å²) in [5, 5.41) is 0.529. The number of esters is 1. The first-order chi connectivity index (χ1) is 18.7. The molecule has 206 valence electrons. The van der Waals surface area contributed by atoms with E-state index in [9.17, 15) is 9.59 Å². The summed E-state index contributed by atoms with van der Waals surface area (Å²) in [7, 11) is 1.58. The molecule has 1 aromatic heterocycles. The summed E-state index contributed by atoms with van der Waals surface area (Å²) in [6.07, 6.45) is 3.04. The number of fused-ring (bicyclic) bond motifs is 1. The van der Waals surface area contributed by atoms with Crippen molar-refractivity contribution >= 4 is 50.9 Å². The van der Waals surface area contributed by atoms with Crippen molar-refractivity contribution in [3.05, 3.63) is 88.0 Å². The lowest BCUT2D eigenvalue weighted by Gasteiger charge is -2.26. The first-order valence-corrected chi connectivity index (χ1v) is 14.7. The third-order valence-corrected chi connectivity index (χ3v) is 7.84. The summed E-state index contributed by atoms with van der Waals surface area (Å²) in [5.41, 5.74) is 2.12. The summed E-state index contributed by atoms with van der Waals surface area (Å²) < 4.78 is 19.6.